The van der Waals surface area contributed by atoms with Gasteiger partial charge >= 0.3 is 5.97 Å². The molecule has 2 aromatic rings. The number of carbonyl (C=O) groups excluding carboxylic acids is 3. The molecule has 4 nitrogen and oxygen atoms in total. The van der Waals surface area contributed by atoms with Crippen LogP contribution in [0.3, 0.4) is 0 Å². The van der Waals surface area contributed by atoms with Crippen molar-refractivity contribution in [3.63, 3.8) is 0 Å². The second-order valence-electron chi connectivity index (χ2n) is 6.39. The highest BCUT2D eigenvalue weighted by atomic mass is 16.5. The third-order valence-electron chi connectivity index (χ3n) is 4.70. The molecule has 0 aliphatic heterocycles. The molecule has 0 amide bonds. The number of Topliss-reactive ketones (excluding diaryl/α,β-unsaturated/α-hetero) is 2. The summed E-state index contributed by atoms with van der Waals surface area (Å²) in [4.78, 5) is 37.8. The predicted octanol–water partition coefficient (Wildman–Crippen LogP) is 3.74. The Labute approximate surface area is 146 Å². The third kappa shape index (κ3) is 3.68. The Morgan fingerprint density at radius 1 is 0.960 bits per heavy atom. The molecule has 25 heavy (non-hydrogen) atoms. The van der Waals surface area contributed by atoms with Crippen LogP contribution < -0.4 is 0 Å². The molecule has 1 aliphatic rings. The highest BCUT2D eigenvalue weighted by molar-refractivity contribution is 6.10. The minimum atomic E-state index is -1.33. The zero-order valence-corrected chi connectivity index (χ0v) is 13.9. The van der Waals surface area contributed by atoms with Crippen molar-refractivity contribution in [2.75, 3.05) is 0 Å². The monoisotopic (exact) mass is 336 g/mol. The van der Waals surface area contributed by atoms with Crippen LogP contribution in [0.25, 0.3) is 0 Å². The average molecular weight is 336 g/mol. The second-order valence-corrected chi connectivity index (χ2v) is 6.39. The zero-order chi connectivity index (χ0) is 17.7. The Morgan fingerprint density at radius 2 is 1.60 bits per heavy atom. The van der Waals surface area contributed by atoms with E-state index in [1.54, 1.807) is 24.3 Å². The summed E-state index contributed by atoms with van der Waals surface area (Å²) in [6.45, 7) is 0.105. The molecule has 128 valence electrons. The molecule has 1 saturated carbocycles. The molecule has 1 atom stereocenters. The minimum Gasteiger partial charge on any atom is -0.460 e. The molecule has 0 saturated heterocycles. The van der Waals surface area contributed by atoms with E-state index in [9.17, 15) is 14.4 Å². The molecule has 4 heteroatoms. The van der Waals surface area contributed by atoms with Crippen molar-refractivity contribution in [3.8, 4) is 0 Å². The number of hydrogen-bond acceptors (Lipinski definition) is 4. The average Bonchev–Trinajstić information content (AvgIpc) is 3.02. The molecule has 1 fully saturated rings. The molecular formula is C21H20O4. The number of hydrogen-bond donors (Lipinski definition) is 0. The van der Waals surface area contributed by atoms with Crippen LogP contribution in [0.1, 0.15) is 41.6 Å². The maximum atomic E-state index is 12.7. The van der Waals surface area contributed by atoms with Crippen LogP contribution in [0, 0.1) is 5.41 Å². The summed E-state index contributed by atoms with van der Waals surface area (Å²) in [6.07, 6.45) is 1.19. The van der Waals surface area contributed by atoms with Crippen molar-refractivity contribution in [2.24, 2.45) is 5.41 Å². The van der Waals surface area contributed by atoms with E-state index in [1.807, 2.05) is 36.4 Å². The molecule has 0 aromatic heterocycles. The van der Waals surface area contributed by atoms with Crippen molar-refractivity contribution >= 4 is 17.5 Å². The van der Waals surface area contributed by atoms with E-state index in [2.05, 4.69) is 0 Å². The highest BCUT2D eigenvalue weighted by Gasteiger charge is 2.51. The molecule has 0 bridgehead atoms. The van der Waals surface area contributed by atoms with E-state index in [0.717, 1.165) is 5.56 Å². The summed E-state index contributed by atoms with van der Waals surface area (Å²) < 4.78 is 5.41. The van der Waals surface area contributed by atoms with Gasteiger partial charge < -0.3 is 4.74 Å². The van der Waals surface area contributed by atoms with E-state index in [0.29, 0.717) is 24.8 Å². The molecule has 1 aliphatic carbocycles. The minimum absolute atomic E-state index is 0.105. The summed E-state index contributed by atoms with van der Waals surface area (Å²) in [6, 6.07) is 18.1. The fraction of sp³-hybridized carbons (Fsp3) is 0.286. The van der Waals surface area contributed by atoms with Crippen LogP contribution in [0.15, 0.2) is 60.7 Å². The fourth-order valence-corrected chi connectivity index (χ4v) is 3.27. The van der Waals surface area contributed by atoms with E-state index >= 15 is 0 Å². The van der Waals surface area contributed by atoms with Gasteiger partial charge in [0.15, 0.2) is 11.6 Å². The topological polar surface area (TPSA) is 60.4 Å². The van der Waals surface area contributed by atoms with E-state index in [1.165, 1.54) is 0 Å². The summed E-state index contributed by atoms with van der Waals surface area (Å²) in [5.74, 6) is -0.967. The molecule has 0 spiro atoms. The molecule has 2 aromatic carbocycles. The van der Waals surface area contributed by atoms with Gasteiger partial charge in [-0.2, -0.15) is 0 Å². The van der Waals surface area contributed by atoms with Crippen LogP contribution in [-0.2, 0) is 20.9 Å². The van der Waals surface area contributed by atoms with E-state index < -0.39 is 11.4 Å². The van der Waals surface area contributed by atoms with Gasteiger partial charge in [-0.3, -0.25) is 14.4 Å². The highest BCUT2D eigenvalue weighted by Crippen LogP contribution is 2.40. The van der Waals surface area contributed by atoms with Gasteiger partial charge in [0.25, 0.3) is 0 Å². The Morgan fingerprint density at radius 3 is 2.20 bits per heavy atom. The van der Waals surface area contributed by atoms with Gasteiger partial charge in [-0.15, -0.1) is 0 Å². The maximum absolute atomic E-state index is 12.7. The molecule has 0 heterocycles. The predicted molar refractivity (Wildman–Crippen MR) is 92.9 cm³/mol. The first-order valence-corrected chi connectivity index (χ1v) is 8.44. The normalized spacial score (nSPS) is 19.6. The zero-order valence-electron chi connectivity index (χ0n) is 13.9. The van der Waals surface area contributed by atoms with Gasteiger partial charge in [0.05, 0.1) is 0 Å². The lowest BCUT2D eigenvalue weighted by Gasteiger charge is -2.24. The van der Waals surface area contributed by atoms with Crippen LogP contribution in [0.4, 0.5) is 0 Å². The third-order valence-corrected chi connectivity index (χ3v) is 4.70. The van der Waals surface area contributed by atoms with Gasteiger partial charge in [-0.05, 0) is 18.4 Å². The second kappa shape index (κ2) is 7.43. The van der Waals surface area contributed by atoms with E-state index in [4.69, 9.17) is 4.74 Å². The van der Waals surface area contributed by atoms with Gasteiger partial charge in [0.1, 0.15) is 12.0 Å². The Balaban J connectivity index is 1.75. The summed E-state index contributed by atoms with van der Waals surface area (Å²) in [5.41, 5.74) is 0.0325. The first-order valence-electron chi connectivity index (χ1n) is 8.44. The van der Waals surface area contributed by atoms with Gasteiger partial charge in [0, 0.05) is 18.4 Å². The maximum Gasteiger partial charge on any atom is 0.320 e. The van der Waals surface area contributed by atoms with Crippen molar-refractivity contribution < 1.29 is 19.1 Å². The largest absolute Gasteiger partial charge is 0.460 e. The SMILES string of the molecule is O=C(CC1(C(=O)OCc2ccccc2)CCCC1=O)c1ccccc1. The van der Waals surface area contributed by atoms with Crippen molar-refractivity contribution in [1.29, 1.82) is 0 Å². The Bertz CT molecular complexity index is 767. The van der Waals surface area contributed by atoms with Crippen LogP contribution in [0.5, 0.6) is 0 Å². The van der Waals surface area contributed by atoms with Gasteiger partial charge in [-0.25, -0.2) is 0 Å². The quantitative estimate of drug-likeness (QED) is 0.458. The fourth-order valence-electron chi connectivity index (χ4n) is 3.27. The lowest BCUT2D eigenvalue weighted by Crippen LogP contribution is -2.39. The van der Waals surface area contributed by atoms with Gasteiger partial charge in [-0.1, -0.05) is 60.7 Å². The lowest BCUT2D eigenvalue weighted by atomic mass is 9.79. The summed E-state index contributed by atoms with van der Waals surface area (Å²) in [5, 5.41) is 0. The van der Waals surface area contributed by atoms with Crippen LogP contribution in [0.2, 0.25) is 0 Å². The van der Waals surface area contributed by atoms with Gasteiger partial charge in [0.2, 0.25) is 0 Å². The molecule has 1 unspecified atom stereocenters. The number of benzene rings is 2. The number of ether oxygens (including phenoxy) is 1. The summed E-state index contributed by atoms with van der Waals surface area (Å²) in [7, 11) is 0. The first-order chi connectivity index (χ1) is 12.1. The molecular weight excluding hydrogens is 316 g/mol. The molecule has 0 radical (unpaired) electrons. The standard InChI is InChI=1S/C21H20O4/c22-18(17-10-5-2-6-11-17)14-21(13-7-12-19(21)23)20(24)25-15-16-8-3-1-4-9-16/h1-6,8-11H,7,12-15H2. The number of rotatable bonds is 6. The van der Waals surface area contributed by atoms with Crippen LogP contribution in [-0.4, -0.2) is 17.5 Å². The van der Waals surface area contributed by atoms with Crippen molar-refractivity contribution in [1.82, 2.24) is 0 Å². The Kier molecular flexibility index (Phi) is 5.08. The first kappa shape index (κ1) is 17.1. The number of ketones is 2. The molecule has 0 N–H and O–H groups in total. The lowest BCUT2D eigenvalue weighted by molar-refractivity contribution is -0.160. The van der Waals surface area contributed by atoms with E-state index in [-0.39, 0.29) is 24.6 Å². The number of esters is 1. The summed E-state index contributed by atoms with van der Waals surface area (Å²) >= 11 is 0. The van der Waals surface area contributed by atoms with Crippen LogP contribution >= 0.6 is 0 Å². The van der Waals surface area contributed by atoms with Crippen molar-refractivity contribution in [3.05, 3.63) is 71.8 Å². The Hall–Kier alpha value is -2.75. The smallest absolute Gasteiger partial charge is 0.320 e. The van der Waals surface area contributed by atoms with Crippen molar-refractivity contribution in [2.45, 2.75) is 32.3 Å². The number of carbonyl (C=O) groups is 3. The molecule has 3 rings (SSSR count).